The van der Waals surface area contributed by atoms with Crippen LogP contribution in [0.25, 0.3) is 11.3 Å². The maximum atomic E-state index is 14.2. The molecular formula is C35H43N3O5. The number of anilines is 1. The third-order valence-electron chi connectivity index (χ3n) is 9.81. The number of benzene rings is 1. The van der Waals surface area contributed by atoms with Crippen molar-refractivity contribution in [3.05, 3.63) is 59.9 Å². The number of amides is 1. The third-order valence-corrected chi connectivity index (χ3v) is 9.81. The summed E-state index contributed by atoms with van der Waals surface area (Å²) in [6.45, 7) is 2.68. The van der Waals surface area contributed by atoms with E-state index in [1.807, 2.05) is 36.1 Å². The highest BCUT2D eigenvalue weighted by molar-refractivity contribution is 5.95. The fourth-order valence-corrected chi connectivity index (χ4v) is 7.08. The van der Waals surface area contributed by atoms with Crippen molar-refractivity contribution in [3.63, 3.8) is 0 Å². The van der Waals surface area contributed by atoms with Gasteiger partial charge in [0.25, 0.3) is 0 Å². The van der Waals surface area contributed by atoms with Gasteiger partial charge in [0.15, 0.2) is 5.89 Å². The van der Waals surface area contributed by atoms with E-state index in [-0.39, 0.29) is 24.2 Å². The Hall–Kier alpha value is -3.68. The fraction of sp³-hybridized carbons (Fsp3) is 0.543. The molecular weight excluding hydrogens is 542 g/mol. The molecule has 0 spiro atoms. The molecule has 8 nitrogen and oxygen atoms in total. The maximum absolute atomic E-state index is 14.2. The number of carbonyl (C=O) groups excluding carboxylic acids is 1. The van der Waals surface area contributed by atoms with Crippen molar-refractivity contribution >= 4 is 17.6 Å². The maximum Gasteiger partial charge on any atom is 0.303 e. The van der Waals surface area contributed by atoms with Gasteiger partial charge in [-0.15, -0.1) is 0 Å². The fourth-order valence-electron chi connectivity index (χ4n) is 7.08. The van der Waals surface area contributed by atoms with Gasteiger partial charge in [0.1, 0.15) is 17.7 Å². The number of rotatable bonds is 10. The molecule has 3 fully saturated rings. The topological polar surface area (TPSA) is 106 Å². The van der Waals surface area contributed by atoms with Gasteiger partial charge in [-0.3, -0.25) is 14.6 Å². The molecule has 1 aromatic carbocycles. The monoisotopic (exact) mass is 585 g/mol. The lowest BCUT2D eigenvalue weighted by Crippen LogP contribution is -2.41. The molecule has 228 valence electrons. The van der Waals surface area contributed by atoms with Gasteiger partial charge in [-0.05, 0) is 107 Å². The van der Waals surface area contributed by atoms with Crippen LogP contribution < -0.4 is 9.64 Å². The average Bonchev–Trinajstić information content (AvgIpc) is 3.76. The summed E-state index contributed by atoms with van der Waals surface area (Å²) in [5.74, 6) is 2.40. The van der Waals surface area contributed by atoms with Crippen molar-refractivity contribution in [2.75, 3.05) is 18.6 Å². The van der Waals surface area contributed by atoms with Crippen LogP contribution in [0, 0.1) is 24.7 Å². The summed E-state index contributed by atoms with van der Waals surface area (Å²) < 4.78 is 11.2. The molecule has 2 aromatic heterocycles. The summed E-state index contributed by atoms with van der Waals surface area (Å²) in [6.07, 6.45) is 11.5. The molecule has 2 heterocycles. The van der Waals surface area contributed by atoms with E-state index < -0.39 is 5.97 Å². The molecule has 0 atom stereocenters. The highest BCUT2D eigenvalue weighted by Gasteiger charge is 2.34. The van der Waals surface area contributed by atoms with Crippen molar-refractivity contribution in [3.8, 4) is 17.0 Å². The molecule has 1 amide bonds. The Balaban J connectivity index is 1.18. The van der Waals surface area contributed by atoms with Gasteiger partial charge in [-0.2, -0.15) is 0 Å². The number of ether oxygens (including phenoxy) is 1. The molecule has 6 rings (SSSR count). The quantitative estimate of drug-likeness (QED) is 0.262. The predicted molar refractivity (Wildman–Crippen MR) is 164 cm³/mol. The Kier molecular flexibility index (Phi) is 8.82. The zero-order chi connectivity index (χ0) is 29.9. The van der Waals surface area contributed by atoms with Crippen LogP contribution in [0.4, 0.5) is 5.69 Å². The van der Waals surface area contributed by atoms with Crippen LogP contribution in [-0.4, -0.2) is 40.6 Å². The SMILES string of the molecule is COc1ccc([C@H]2CC[C@H](CN(c3cccc(-c4coc(C5CC5)n4)c3)C(=O)[C@H]3CC[C@H](CC(=O)O)CC3)CC2)nc1C. The van der Waals surface area contributed by atoms with E-state index in [1.54, 1.807) is 13.4 Å². The number of aryl methyl sites for hydroxylation is 1. The summed E-state index contributed by atoms with van der Waals surface area (Å²) in [5, 5.41) is 9.25. The first-order valence-electron chi connectivity index (χ1n) is 16.0. The average molecular weight is 586 g/mol. The number of carboxylic acids is 1. The van der Waals surface area contributed by atoms with Crippen molar-refractivity contribution in [1.29, 1.82) is 0 Å². The van der Waals surface area contributed by atoms with Crippen LogP contribution in [-0.2, 0) is 9.59 Å². The first kappa shape index (κ1) is 29.4. The van der Waals surface area contributed by atoms with Gasteiger partial charge in [0, 0.05) is 47.7 Å². The van der Waals surface area contributed by atoms with Gasteiger partial charge in [-0.25, -0.2) is 4.98 Å². The number of carbonyl (C=O) groups is 2. The molecule has 3 aliphatic rings. The predicted octanol–water partition coefficient (Wildman–Crippen LogP) is 7.52. The Bertz CT molecular complexity index is 1430. The van der Waals surface area contributed by atoms with Gasteiger partial charge in [-0.1, -0.05) is 12.1 Å². The highest BCUT2D eigenvalue weighted by Crippen LogP contribution is 2.41. The molecule has 0 unspecified atom stereocenters. The number of aliphatic carboxylic acids is 1. The highest BCUT2D eigenvalue weighted by atomic mass is 16.5. The zero-order valence-electron chi connectivity index (χ0n) is 25.3. The van der Waals surface area contributed by atoms with E-state index in [4.69, 9.17) is 19.1 Å². The van der Waals surface area contributed by atoms with Crippen LogP contribution in [0.1, 0.15) is 99.7 Å². The first-order valence-corrected chi connectivity index (χ1v) is 16.0. The van der Waals surface area contributed by atoms with Gasteiger partial charge >= 0.3 is 5.97 Å². The molecule has 1 N–H and O–H groups in total. The van der Waals surface area contributed by atoms with Gasteiger partial charge in [0.2, 0.25) is 5.91 Å². The second-order valence-electron chi connectivity index (χ2n) is 12.9. The minimum atomic E-state index is -0.749. The summed E-state index contributed by atoms with van der Waals surface area (Å²) in [7, 11) is 1.68. The van der Waals surface area contributed by atoms with Crippen molar-refractivity contribution in [2.45, 2.75) is 89.4 Å². The summed E-state index contributed by atoms with van der Waals surface area (Å²) >= 11 is 0. The van der Waals surface area contributed by atoms with E-state index in [9.17, 15) is 14.7 Å². The van der Waals surface area contributed by atoms with Gasteiger partial charge < -0.3 is 19.2 Å². The second-order valence-corrected chi connectivity index (χ2v) is 12.9. The molecule has 0 saturated heterocycles. The number of oxazole rings is 1. The normalized spacial score (nSPS) is 24.0. The molecule has 0 radical (unpaired) electrons. The minimum Gasteiger partial charge on any atom is -0.495 e. The second kappa shape index (κ2) is 12.9. The lowest BCUT2D eigenvalue weighted by molar-refractivity contribution is -0.138. The van der Waals surface area contributed by atoms with Crippen LogP contribution in [0.15, 0.2) is 47.1 Å². The van der Waals surface area contributed by atoms with E-state index in [0.717, 1.165) is 104 Å². The van der Waals surface area contributed by atoms with E-state index >= 15 is 0 Å². The molecule has 0 aliphatic heterocycles. The van der Waals surface area contributed by atoms with Crippen molar-refractivity contribution in [1.82, 2.24) is 9.97 Å². The lowest BCUT2D eigenvalue weighted by Gasteiger charge is -2.36. The standard InChI is InChI=1S/C35H43N3O5/c1-22-32(42-2)17-16-30(36-22)25-10-8-24(9-11-25)20-38(35(41)27-12-6-23(7-13-27)18-33(39)40)29-5-3-4-28(19-29)31-21-43-34(37-31)26-14-15-26/h3-5,16-17,19,21,23-27H,6-15,18,20H2,1-2H3,(H,39,40)/t23-,24-,25-,27-. The molecule has 0 bridgehead atoms. The largest absolute Gasteiger partial charge is 0.495 e. The van der Waals surface area contributed by atoms with Gasteiger partial charge in [0.05, 0.1) is 12.8 Å². The Morgan fingerprint density at radius 2 is 1.65 bits per heavy atom. The molecule has 3 aliphatic carbocycles. The number of methoxy groups -OCH3 is 1. The molecule has 3 saturated carbocycles. The van der Waals surface area contributed by atoms with Crippen molar-refractivity contribution < 1.29 is 23.8 Å². The number of hydrogen-bond donors (Lipinski definition) is 1. The third kappa shape index (κ3) is 6.94. The van der Waals surface area contributed by atoms with Crippen LogP contribution in [0.5, 0.6) is 5.75 Å². The molecule has 8 heteroatoms. The number of nitrogens with zero attached hydrogens (tertiary/aromatic N) is 3. The smallest absolute Gasteiger partial charge is 0.303 e. The van der Waals surface area contributed by atoms with Crippen LogP contribution in [0.2, 0.25) is 0 Å². The van der Waals surface area contributed by atoms with E-state index in [1.165, 1.54) is 0 Å². The molecule has 3 aromatic rings. The summed E-state index contributed by atoms with van der Waals surface area (Å²) in [4.78, 5) is 37.0. The van der Waals surface area contributed by atoms with Crippen molar-refractivity contribution in [2.24, 2.45) is 17.8 Å². The number of pyridine rings is 1. The zero-order valence-corrected chi connectivity index (χ0v) is 25.3. The molecule has 43 heavy (non-hydrogen) atoms. The number of hydrogen-bond acceptors (Lipinski definition) is 6. The summed E-state index contributed by atoms with van der Waals surface area (Å²) in [6, 6.07) is 12.3. The Morgan fingerprint density at radius 1 is 0.930 bits per heavy atom. The van der Waals surface area contributed by atoms with Crippen LogP contribution >= 0.6 is 0 Å². The minimum absolute atomic E-state index is 0.0787. The lowest BCUT2D eigenvalue weighted by atomic mass is 9.78. The van der Waals surface area contributed by atoms with Crippen LogP contribution in [0.3, 0.4) is 0 Å². The van der Waals surface area contributed by atoms with E-state index in [2.05, 4.69) is 12.1 Å². The Labute approximate surface area is 253 Å². The first-order chi connectivity index (χ1) is 20.9. The van der Waals surface area contributed by atoms with E-state index in [0.29, 0.717) is 24.3 Å². The number of aromatic nitrogens is 2. The summed E-state index contributed by atoms with van der Waals surface area (Å²) in [5.41, 5.74) is 4.73. The number of carboxylic acid groups (broad SMARTS) is 1. The Morgan fingerprint density at radius 3 is 2.33 bits per heavy atom.